The Morgan fingerprint density at radius 3 is 2.40 bits per heavy atom. The van der Waals surface area contributed by atoms with Crippen molar-refractivity contribution in [2.45, 2.75) is 12.5 Å². The van der Waals surface area contributed by atoms with Gasteiger partial charge in [-0.25, -0.2) is 8.78 Å². The number of hydrogen-bond acceptors (Lipinski definition) is 2. The molecule has 0 amide bonds. The summed E-state index contributed by atoms with van der Waals surface area (Å²) in [5.74, 6) is 4.90. The lowest BCUT2D eigenvalue weighted by Crippen LogP contribution is -2.30. The van der Waals surface area contributed by atoms with Crippen LogP contribution in [-0.2, 0) is 6.42 Å². The third kappa shape index (κ3) is 3.66. The predicted molar refractivity (Wildman–Crippen MR) is 84.3 cm³/mol. The Morgan fingerprint density at radius 2 is 1.80 bits per heavy atom. The summed E-state index contributed by atoms with van der Waals surface area (Å²) < 4.78 is 26.9. The van der Waals surface area contributed by atoms with E-state index in [0.29, 0.717) is 11.4 Å². The Kier molecular flexibility index (Phi) is 5.31. The van der Waals surface area contributed by atoms with Crippen LogP contribution in [0.1, 0.15) is 17.2 Å². The summed E-state index contributed by atoms with van der Waals surface area (Å²) in [6.07, 6.45) is 0.483. The lowest BCUT2D eigenvalue weighted by Gasteiger charge is -2.18. The predicted octanol–water partition coefficient (Wildman–Crippen LogP) is 3.97. The Balaban J connectivity index is 2.28. The molecule has 2 rings (SSSR count). The molecular weight excluding hydrogens is 397 g/mol. The van der Waals surface area contributed by atoms with Crippen molar-refractivity contribution in [2.75, 3.05) is 0 Å². The summed E-state index contributed by atoms with van der Waals surface area (Å²) in [6.45, 7) is 0. The molecule has 0 radical (unpaired) electrons. The largest absolute Gasteiger partial charge is 0.271 e. The molecule has 1 atom stereocenters. The molecule has 0 fully saturated rings. The second-order valence-electron chi connectivity index (χ2n) is 4.32. The highest BCUT2D eigenvalue weighted by molar-refractivity contribution is 14.1. The van der Waals surface area contributed by atoms with Crippen LogP contribution < -0.4 is 11.3 Å². The molecule has 0 spiro atoms. The highest BCUT2D eigenvalue weighted by Crippen LogP contribution is 2.27. The van der Waals surface area contributed by atoms with Crippen LogP contribution >= 0.6 is 34.2 Å². The van der Waals surface area contributed by atoms with E-state index in [1.807, 2.05) is 0 Å². The molecule has 2 aromatic rings. The van der Waals surface area contributed by atoms with Crippen molar-refractivity contribution >= 4 is 34.2 Å². The second-order valence-corrected chi connectivity index (χ2v) is 5.89. The fraction of sp³-hybridized carbons (Fsp3) is 0.143. The van der Waals surface area contributed by atoms with Gasteiger partial charge in [0.05, 0.1) is 6.04 Å². The lowest BCUT2D eigenvalue weighted by molar-refractivity contribution is 0.545. The van der Waals surface area contributed by atoms with Crippen molar-refractivity contribution in [3.05, 3.63) is 67.8 Å². The minimum absolute atomic E-state index is 0.231. The van der Waals surface area contributed by atoms with E-state index in [9.17, 15) is 8.78 Å². The number of hydrogen-bond donors (Lipinski definition) is 2. The smallest absolute Gasteiger partial charge is 0.124 e. The maximum Gasteiger partial charge on any atom is 0.124 e. The first-order valence-corrected chi connectivity index (χ1v) is 7.32. The minimum Gasteiger partial charge on any atom is -0.271 e. The molecule has 0 saturated carbocycles. The quantitative estimate of drug-likeness (QED) is 0.456. The fourth-order valence-corrected chi connectivity index (χ4v) is 3.05. The van der Waals surface area contributed by atoms with Crippen LogP contribution in [0, 0.1) is 15.2 Å². The van der Waals surface area contributed by atoms with Crippen LogP contribution in [0.15, 0.2) is 36.4 Å². The van der Waals surface area contributed by atoms with Crippen LogP contribution in [0.5, 0.6) is 0 Å². The highest BCUT2D eigenvalue weighted by Gasteiger charge is 2.16. The Bertz CT molecular complexity index is 622. The highest BCUT2D eigenvalue weighted by atomic mass is 127. The van der Waals surface area contributed by atoms with Gasteiger partial charge in [-0.15, -0.1) is 0 Å². The van der Waals surface area contributed by atoms with Gasteiger partial charge in [-0.3, -0.25) is 11.3 Å². The Hall–Kier alpha value is -0.760. The van der Waals surface area contributed by atoms with Gasteiger partial charge in [0.2, 0.25) is 0 Å². The summed E-state index contributed by atoms with van der Waals surface area (Å²) in [5.41, 5.74) is 4.33. The first-order chi connectivity index (χ1) is 9.51. The fourth-order valence-electron chi connectivity index (χ4n) is 1.95. The molecule has 2 aromatic carbocycles. The van der Waals surface area contributed by atoms with Gasteiger partial charge >= 0.3 is 0 Å². The van der Waals surface area contributed by atoms with Gasteiger partial charge in [-0.1, -0.05) is 23.7 Å². The Morgan fingerprint density at radius 1 is 1.15 bits per heavy atom. The molecule has 3 N–H and O–H groups in total. The number of halogens is 4. The zero-order valence-corrected chi connectivity index (χ0v) is 13.3. The SMILES string of the molecule is NNC(Cc1ccc(F)cc1Cl)c1ccc(F)cc1I. The van der Waals surface area contributed by atoms with Crippen LogP contribution in [0.3, 0.4) is 0 Å². The molecule has 0 aliphatic heterocycles. The zero-order chi connectivity index (χ0) is 14.7. The molecule has 6 heteroatoms. The molecule has 0 bridgehead atoms. The molecule has 0 aliphatic carbocycles. The zero-order valence-electron chi connectivity index (χ0n) is 10.3. The van der Waals surface area contributed by atoms with Gasteiger partial charge in [0.15, 0.2) is 0 Å². The minimum atomic E-state index is -0.382. The average molecular weight is 409 g/mol. The summed E-state index contributed by atoms with van der Waals surface area (Å²) >= 11 is 8.07. The molecule has 0 aromatic heterocycles. The van der Waals surface area contributed by atoms with Crippen molar-refractivity contribution in [3.8, 4) is 0 Å². The number of rotatable bonds is 4. The lowest BCUT2D eigenvalue weighted by atomic mass is 9.99. The number of nitrogens with one attached hydrogen (secondary N) is 1. The van der Waals surface area contributed by atoms with Crippen molar-refractivity contribution < 1.29 is 8.78 Å². The molecule has 0 aliphatic rings. The van der Waals surface area contributed by atoms with Gasteiger partial charge in [-0.2, -0.15) is 0 Å². The van der Waals surface area contributed by atoms with E-state index in [2.05, 4.69) is 28.0 Å². The van der Waals surface area contributed by atoms with Crippen molar-refractivity contribution in [3.63, 3.8) is 0 Å². The molecule has 1 unspecified atom stereocenters. The number of benzene rings is 2. The van der Waals surface area contributed by atoms with E-state index in [1.54, 1.807) is 12.1 Å². The third-order valence-corrected chi connectivity index (χ3v) is 4.26. The first-order valence-electron chi connectivity index (χ1n) is 5.86. The van der Waals surface area contributed by atoms with Gasteiger partial charge in [-0.05, 0) is 64.4 Å². The number of hydrazine groups is 1. The van der Waals surface area contributed by atoms with Crippen LogP contribution in [-0.4, -0.2) is 0 Å². The van der Waals surface area contributed by atoms with E-state index in [1.165, 1.54) is 24.3 Å². The van der Waals surface area contributed by atoms with Gasteiger partial charge in [0.1, 0.15) is 11.6 Å². The topological polar surface area (TPSA) is 38.0 Å². The van der Waals surface area contributed by atoms with Crippen molar-refractivity contribution in [1.29, 1.82) is 0 Å². The van der Waals surface area contributed by atoms with E-state index in [-0.39, 0.29) is 17.7 Å². The molecule has 20 heavy (non-hydrogen) atoms. The second kappa shape index (κ2) is 6.80. The molecule has 0 saturated heterocycles. The van der Waals surface area contributed by atoms with Crippen LogP contribution in [0.4, 0.5) is 8.78 Å². The Labute approximate surface area is 134 Å². The summed E-state index contributed by atoms with van der Waals surface area (Å²) in [7, 11) is 0. The normalized spacial score (nSPS) is 12.4. The molecule has 0 heterocycles. The summed E-state index contributed by atoms with van der Waals surface area (Å²) in [5, 5.41) is 0.349. The maximum absolute atomic E-state index is 13.1. The van der Waals surface area contributed by atoms with Crippen LogP contribution in [0.2, 0.25) is 5.02 Å². The number of nitrogens with two attached hydrogens (primary N) is 1. The van der Waals surface area contributed by atoms with Gasteiger partial charge in [0, 0.05) is 8.59 Å². The summed E-state index contributed by atoms with van der Waals surface area (Å²) in [6, 6.07) is 8.51. The van der Waals surface area contributed by atoms with Crippen molar-refractivity contribution in [2.24, 2.45) is 5.84 Å². The van der Waals surface area contributed by atoms with Gasteiger partial charge < -0.3 is 0 Å². The van der Waals surface area contributed by atoms with E-state index >= 15 is 0 Å². The summed E-state index contributed by atoms with van der Waals surface area (Å²) in [4.78, 5) is 0. The van der Waals surface area contributed by atoms with Gasteiger partial charge in [0.25, 0.3) is 0 Å². The van der Waals surface area contributed by atoms with Crippen molar-refractivity contribution in [1.82, 2.24) is 5.43 Å². The standard InChI is InChI=1S/C14H12ClF2IN2/c15-12-6-9(16)2-1-8(12)5-14(20-19)11-4-3-10(17)7-13(11)18/h1-4,6-7,14,20H,5,19H2. The molecular formula is C14H12ClF2IN2. The molecule has 106 valence electrons. The monoisotopic (exact) mass is 408 g/mol. The third-order valence-electron chi connectivity index (χ3n) is 2.98. The van der Waals surface area contributed by atoms with E-state index < -0.39 is 0 Å². The van der Waals surface area contributed by atoms with E-state index in [0.717, 1.165) is 14.7 Å². The maximum atomic E-state index is 13.1. The van der Waals surface area contributed by atoms with E-state index in [4.69, 9.17) is 17.4 Å². The average Bonchev–Trinajstić information content (AvgIpc) is 2.39. The van der Waals surface area contributed by atoms with Crippen LogP contribution in [0.25, 0.3) is 0 Å². The molecule has 2 nitrogen and oxygen atoms in total. The first kappa shape index (κ1) is 15.6.